The standard InChI is InChI=1S/C12H13N5/c1-3-9-5-4-6-15-12(9)17-11(14)10(7-13)8(2)16-17/h4-6H,3,14H2,1-2H3. The second-order valence-electron chi connectivity index (χ2n) is 3.71. The molecule has 0 aliphatic rings. The molecule has 2 aromatic rings. The van der Waals surface area contributed by atoms with Gasteiger partial charge in [-0.15, -0.1) is 0 Å². The molecule has 2 heterocycles. The lowest BCUT2D eigenvalue weighted by molar-refractivity contribution is 0.824. The van der Waals surface area contributed by atoms with E-state index in [0.29, 0.717) is 22.9 Å². The predicted octanol–water partition coefficient (Wildman–Crippen LogP) is 1.59. The van der Waals surface area contributed by atoms with E-state index in [1.54, 1.807) is 13.1 Å². The molecule has 0 aliphatic heterocycles. The molecule has 5 nitrogen and oxygen atoms in total. The highest BCUT2D eigenvalue weighted by Crippen LogP contribution is 2.20. The van der Waals surface area contributed by atoms with Gasteiger partial charge >= 0.3 is 0 Å². The summed E-state index contributed by atoms with van der Waals surface area (Å²) in [6.07, 6.45) is 2.53. The Morgan fingerprint density at radius 2 is 2.29 bits per heavy atom. The first-order chi connectivity index (χ1) is 8.19. The number of nitrogens with two attached hydrogens (primary N) is 1. The van der Waals surface area contributed by atoms with Crippen LogP contribution in [0.2, 0.25) is 0 Å². The maximum Gasteiger partial charge on any atom is 0.158 e. The molecule has 2 rings (SSSR count). The number of anilines is 1. The van der Waals surface area contributed by atoms with Gasteiger partial charge in [-0.2, -0.15) is 15.0 Å². The fraction of sp³-hybridized carbons (Fsp3) is 0.250. The van der Waals surface area contributed by atoms with Crippen LogP contribution in [-0.4, -0.2) is 14.8 Å². The summed E-state index contributed by atoms with van der Waals surface area (Å²) in [5.41, 5.74) is 7.99. The lowest BCUT2D eigenvalue weighted by Crippen LogP contribution is -2.07. The third kappa shape index (κ3) is 1.74. The molecule has 0 saturated carbocycles. The number of nitrogens with zero attached hydrogens (tertiary/aromatic N) is 4. The van der Waals surface area contributed by atoms with Gasteiger partial charge in [0.2, 0.25) is 0 Å². The number of aromatic nitrogens is 3. The Labute approximate surface area is 99.5 Å². The highest BCUT2D eigenvalue weighted by Gasteiger charge is 2.15. The molecule has 0 radical (unpaired) electrons. The first-order valence-electron chi connectivity index (χ1n) is 5.38. The number of nitrogen functional groups attached to an aromatic ring is 1. The van der Waals surface area contributed by atoms with E-state index in [2.05, 4.69) is 16.2 Å². The predicted molar refractivity (Wildman–Crippen MR) is 64.6 cm³/mol. The van der Waals surface area contributed by atoms with Crippen molar-refractivity contribution in [3.05, 3.63) is 35.2 Å². The first-order valence-corrected chi connectivity index (χ1v) is 5.38. The second-order valence-corrected chi connectivity index (χ2v) is 3.71. The van der Waals surface area contributed by atoms with Crippen molar-refractivity contribution in [2.45, 2.75) is 20.3 Å². The van der Waals surface area contributed by atoms with Gasteiger partial charge in [-0.05, 0) is 25.0 Å². The molecule has 0 atom stereocenters. The Hall–Kier alpha value is -2.35. The van der Waals surface area contributed by atoms with Gasteiger partial charge in [0.1, 0.15) is 17.5 Å². The van der Waals surface area contributed by atoms with E-state index in [1.165, 1.54) is 4.68 Å². The summed E-state index contributed by atoms with van der Waals surface area (Å²) in [5, 5.41) is 13.2. The number of hydrogen-bond donors (Lipinski definition) is 1. The third-order valence-electron chi connectivity index (χ3n) is 2.66. The van der Waals surface area contributed by atoms with Crippen molar-refractivity contribution < 1.29 is 0 Å². The van der Waals surface area contributed by atoms with Crippen LogP contribution in [0.15, 0.2) is 18.3 Å². The maximum absolute atomic E-state index is 8.98. The number of rotatable bonds is 2. The molecule has 0 bridgehead atoms. The van der Waals surface area contributed by atoms with Crippen LogP contribution >= 0.6 is 0 Å². The van der Waals surface area contributed by atoms with Gasteiger partial charge in [-0.1, -0.05) is 13.0 Å². The van der Waals surface area contributed by atoms with E-state index >= 15 is 0 Å². The number of pyridine rings is 1. The van der Waals surface area contributed by atoms with Gasteiger partial charge in [0.25, 0.3) is 0 Å². The monoisotopic (exact) mass is 227 g/mol. The zero-order valence-corrected chi connectivity index (χ0v) is 9.81. The molecular weight excluding hydrogens is 214 g/mol. The first kappa shape index (κ1) is 11.1. The normalized spacial score (nSPS) is 10.2. The fourth-order valence-corrected chi connectivity index (χ4v) is 1.74. The minimum atomic E-state index is 0.346. The van der Waals surface area contributed by atoms with Crippen molar-refractivity contribution in [3.8, 4) is 11.9 Å². The zero-order chi connectivity index (χ0) is 12.4. The molecule has 5 heteroatoms. The average Bonchev–Trinajstić information content (AvgIpc) is 2.64. The minimum Gasteiger partial charge on any atom is -0.382 e. The van der Waals surface area contributed by atoms with Crippen molar-refractivity contribution >= 4 is 5.82 Å². The van der Waals surface area contributed by atoms with Crippen molar-refractivity contribution in [3.63, 3.8) is 0 Å². The Morgan fingerprint density at radius 3 is 2.88 bits per heavy atom. The number of aryl methyl sites for hydroxylation is 2. The molecule has 2 aromatic heterocycles. The lowest BCUT2D eigenvalue weighted by atomic mass is 10.2. The molecule has 0 saturated heterocycles. The second kappa shape index (κ2) is 4.26. The number of nitriles is 1. The molecule has 0 amide bonds. The van der Waals surface area contributed by atoms with Crippen molar-refractivity contribution in [2.24, 2.45) is 0 Å². The molecule has 86 valence electrons. The van der Waals surface area contributed by atoms with E-state index in [1.807, 2.05) is 19.1 Å². The van der Waals surface area contributed by atoms with Crippen LogP contribution in [0.3, 0.4) is 0 Å². The molecule has 0 fully saturated rings. The quantitative estimate of drug-likeness (QED) is 0.844. The third-order valence-corrected chi connectivity index (χ3v) is 2.66. The van der Waals surface area contributed by atoms with Crippen molar-refractivity contribution in [1.29, 1.82) is 5.26 Å². The van der Waals surface area contributed by atoms with E-state index in [4.69, 9.17) is 11.0 Å². The van der Waals surface area contributed by atoms with Crippen molar-refractivity contribution in [2.75, 3.05) is 5.73 Å². The van der Waals surface area contributed by atoms with E-state index in [9.17, 15) is 0 Å². The summed E-state index contributed by atoms with van der Waals surface area (Å²) in [4.78, 5) is 4.28. The number of hydrogen-bond acceptors (Lipinski definition) is 4. The maximum atomic E-state index is 8.98. The van der Waals surface area contributed by atoms with Crippen LogP contribution in [0.25, 0.3) is 5.82 Å². The summed E-state index contributed by atoms with van der Waals surface area (Å²) in [5.74, 6) is 1.04. The van der Waals surface area contributed by atoms with Crippen LogP contribution in [0.5, 0.6) is 0 Å². The van der Waals surface area contributed by atoms with Crippen LogP contribution in [0, 0.1) is 18.3 Å². The smallest absolute Gasteiger partial charge is 0.158 e. The largest absolute Gasteiger partial charge is 0.382 e. The minimum absolute atomic E-state index is 0.346. The van der Waals surface area contributed by atoms with E-state index in [-0.39, 0.29) is 0 Å². The molecule has 0 unspecified atom stereocenters. The summed E-state index contributed by atoms with van der Waals surface area (Å²) in [6.45, 7) is 3.80. The molecule has 0 aliphatic carbocycles. The molecule has 0 spiro atoms. The lowest BCUT2D eigenvalue weighted by Gasteiger charge is -2.07. The summed E-state index contributed by atoms with van der Waals surface area (Å²) >= 11 is 0. The van der Waals surface area contributed by atoms with Gasteiger partial charge in [0.05, 0.1) is 5.69 Å². The van der Waals surface area contributed by atoms with Gasteiger partial charge in [0, 0.05) is 6.20 Å². The zero-order valence-electron chi connectivity index (χ0n) is 9.81. The molecule has 2 N–H and O–H groups in total. The van der Waals surface area contributed by atoms with Gasteiger partial charge in [0.15, 0.2) is 5.82 Å². The summed E-state index contributed by atoms with van der Waals surface area (Å²) in [6, 6.07) is 5.91. The summed E-state index contributed by atoms with van der Waals surface area (Å²) in [7, 11) is 0. The summed E-state index contributed by atoms with van der Waals surface area (Å²) < 4.78 is 1.53. The van der Waals surface area contributed by atoms with Crippen molar-refractivity contribution in [1.82, 2.24) is 14.8 Å². The van der Waals surface area contributed by atoms with Crippen LogP contribution < -0.4 is 5.73 Å². The highest BCUT2D eigenvalue weighted by molar-refractivity contribution is 5.55. The Balaban J connectivity index is 2.66. The highest BCUT2D eigenvalue weighted by atomic mass is 15.3. The van der Waals surface area contributed by atoms with E-state index < -0.39 is 0 Å². The molecule has 0 aromatic carbocycles. The Kier molecular flexibility index (Phi) is 2.79. The van der Waals surface area contributed by atoms with Gasteiger partial charge in [-0.25, -0.2) is 4.98 Å². The van der Waals surface area contributed by atoms with E-state index in [0.717, 1.165) is 12.0 Å². The van der Waals surface area contributed by atoms with Crippen LogP contribution in [0.4, 0.5) is 5.82 Å². The van der Waals surface area contributed by atoms with Gasteiger partial charge in [-0.3, -0.25) is 0 Å². The Morgan fingerprint density at radius 1 is 1.53 bits per heavy atom. The molecule has 17 heavy (non-hydrogen) atoms. The Bertz CT molecular complexity index is 591. The SMILES string of the molecule is CCc1cccnc1-n1nc(C)c(C#N)c1N. The topological polar surface area (TPSA) is 80.5 Å². The molecular formula is C12H13N5. The van der Waals surface area contributed by atoms with Gasteiger partial charge < -0.3 is 5.73 Å². The van der Waals surface area contributed by atoms with Crippen LogP contribution in [0.1, 0.15) is 23.7 Å². The average molecular weight is 227 g/mol. The fourth-order valence-electron chi connectivity index (χ4n) is 1.74. The van der Waals surface area contributed by atoms with Crippen LogP contribution in [-0.2, 0) is 6.42 Å².